The fourth-order valence-corrected chi connectivity index (χ4v) is 4.71. The van der Waals surface area contributed by atoms with Crippen molar-refractivity contribution in [3.05, 3.63) is 77.4 Å². The van der Waals surface area contributed by atoms with Gasteiger partial charge in [0.1, 0.15) is 5.75 Å². The zero-order valence-electron chi connectivity index (χ0n) is 17.2. The highest BCUT2D eigenvalue weighted by Gasteiger charge is 2.43. The van der Waals surface area contributed by atoms with E-state index >= 15 is 0 Å². The number of para-hydroxylation sites is 2. The number of aryl methyl sites for hydroxylation is 1. The summed E-state index contributed by atoms with van der Waals surface area (Å²) in [5, 5.41) is 4.20. The number of anilines is 1. The van der Waals surface area contributed by atoms with Gasteiger partial charge in [-0.25, -0.2) is 0 Å². The van der Waals surface area contributed by atoms with Crippen molar-refractivity contribution in [2.75, 3.05) is 12.0 Å². The molecule has 1 aliphatic heterocycles. The van der Waals surface area contributed by atoms with Crippen LogP contribution < -0.4 is 15.0 Å². The summed E-state index contributed by atoms with van der Waals surface area (Å²) >= 11 is 5.82. The monoisotopic (exact) mass is 406 g/mol. The van der Waals surface area contributed by atoms with Gasteiger partial charge in [0, 0.05) is 24.1 Å². The summed E-state index contributed by atoms with van der Waals surface area (Å²) in [4.78, 5) is 6.81. The number of thiocarbonyl (C=S) groups is 1. The smallest absolute Gasteiger partial charge is 0.174 e. The van der Waals surface area contributed by atoms with Gasteiger partial charge < -0.3 is 19.5 Å². The molecule has 1 aromatic carbocycles. The normalized spacial score (nSPS) is 18.8. The number of hydrogen-bond donors (Lipinski definition) is 1. The van der Waals surface area contributed by atoms with Gasteiger partial charge in [0.2, 0.25) is 0 Å². The maximum absolute atomic E-state index is 5.82. The van der Waals surface area contributed by atoms with E-state index < -0.39 is 0 Å². The third kappa shape index (κ3) is 3.27. The van der Waals surface area contributed by atoms with Crippen LogP contribution in [-0.4, -0.2) is 21.8 Å². The molecule has 3 aromatic rings. The zero-order chi connectivity index (χ0) is 20.5. The SMILES string of the molecule is CCn1c(C)cc([C@H]2[C@@H](c3ccccn3)NC(=S)N2c2ccccc2OC)c1C. The van der Waals surface area contributed by atoms with Crippen molar-refractivity contribution in [3.8, 4) is 5.75 Å². The molecule has 150 valence electrons. The Kier molecular flexibility index (Phi) is 5.28. The minimum Gasteiger partial charge on any atom is -0.495 e. The van der Waals surface area contributed by atoms with Crippen molar-refractivity contribution in [2.24, 2.45) is 0 Å². The van der Waals surface area contributed by atoms with Crippen LogP contribution in [0.4, 0.5) is 5.69 Å². The van der Waals surface area contributed by atoms with E-state index in [4.69, 9.17) is 17.0 Å². The third-order valence-corrected chi connectivity index (χ3v) is 6.01. The maximum Gasteiger partial charge on any atom is 0.174 e. The number of methoxy groups -OCH3 is 1. The molecule has 1 aliphatic rings. The lowest BCUT2D eigenvalue weighted by molar-refractivity contribution is 0.414. The first-order valence-electron chi connectivity index (χ1n) is 9.87. The Bertz CT molecular complexity index is 1030. The molecular formula is C23H26N4OS. The van der Waals surface area contributed by atoms with Crippen molar-refractivity contribution in [2.45, 2.75) is 39.4 Å². The van der Waals surface area contributed by atoms with E-state index in [-0.39, 0.29) is 12.1 Å². The van der Waals surface area contributed by atoms with Gasteiger partial charge >= 0.3 is 0 Å². The Balaban J connectivity index is 1.91. The second kappa shape index (κ2) is 7.87. The van der Waals surface area contributed by atoms with Crippen molar-refractivity contribution in [1.82, 2.24) is 14.9 Å². The Morgan fingerprint density at radius 3 is 2.55 bits per heavy atom. The van der Waals surface area contributed by atoms with E-state index in [1.807, 2.05) is 36.5 Å². The molecule has 0 radical (unpaired) electrons. The second-order valence-corrected chi connectivity index (χ2v) is 7.63. The minimum atomic E-state index is -0.0561. The molecule has 0 amide bonds. The predicted molar refractivity (Wildman–Crippen MR) is 121 cm³/mol. The number of ether oxygens (including phenoxy) is 1. The first kappa shape index (κ1) is 19.5. The van der Waals surface area contributed by atoms with Gasteiger partial charge in [-0.15, -0.1) is 0 Å². The molecule has 2 atom stereocenters. The van der Waals surface area contributed by atoms with Crippen molar-refractivity contribution >= 4 is 23.0 Å². The number of rotatable bonds is 5. The lowest BCUT2D eigenvalue weighted by Crippen LogP contribution is -2.30. The minimum absolute atomic E-state index is 0.0276. The second-order valence-electron chi connectivity index (χ2n) is 7.24. The van der Waals surface area contributed by atoms with Crippen molar-refractivity contribution in [3.63, 3.8) is 0 Å². The molecule has 2 aromatic heterocycles. The fraction of sp³-hybridized carbons (Fsp3) is 0.304. The van der Waals surface area contributed by atoms with Gasteiger partial charge in [0.25, 0.3) is 0 Å². The highest BCUT2D eigenvalue weighted by molar-refractivity contribution is 7.80. The quantitative estimate of drug-likeness (QED) is 0.622. The van der Waals surface area contributed by atoms with Gasteiger partial charge in [-0.2, -0.15) is 0 Å². The van der Waals surface area contributed by atoms with Crippen LogP contribution in [0.2, 0.25) is 0 Å². The van der Waals surface area contributed by atoms with E-state index in [1.165, 1.54) is 17.0 Å². The van der Waals surface area contributed by atoms with Gasteiger partial charge in [-0.1, -0.05) is 18.2 Å². The fourth-order valence-electron chi connectivity index (χ4n) is 4.37. The number of pyridine rings is 1. The van der Waals surface area contributed by atoms with E-state index in [2.05, 4.69) is 58.7 Å². The Hall–Kier alpha value is -2.86. The van der Waals surface area contributed by atoms with Crippen LogP contribution in [0.25, 0.3) is 0 Å². The molecule has 5 nitrogen and oxygen atoms in total. The molecule has 29 heavy (non-hydrogen) atoms. The molecule has 3 heterocycles. The summed E-state index contributed by atoms with van der Waals surface area (Å²) in [6.07, 6.45) is 1.83. The summed E-state index contributed by atoms with van der Waals surface area (Å²) in [5.41, 5.74) is 5.67. The average molecular weight is 407 g/mol. The topological polar surface area (TPSA) is 42.3 Å². The largest absolute Gasteiger partial charge is 0.495 e. The van der Waals surface area contributed by atoms with Crippen LogP contribution in [-0.2, 0) is 6.54 Å². The molecule has 0 spiro atoms. The van der Waals surface area contributed by atoms with Crippen LogP contribution >= 0.6 is 12.2 Å². The summed E-state index contributed by atoms with van der Waals surface area (Å²) in [6.45, 7) is 7.45. The highest BCUT2D eigenvalue weighted by atomic mass is 32.1. The molecule has 0 unspecified atom stereocenters. The van der Waals surface area contributed by atoms with Gasteiger partial charge in [0.05, 0.1) is 30.6 Å². The molecule has 1 N–H and O–H groups in total. The summed E-state index contributed by atoms with van der Waals surface area (Å²) in [6, 6.07) is 16.2. The molecule has 6 heteroatoms. The van der Waals surface area contributed by atoms with E-state index in [0.29, 0.717) is 5.11 Å². The number of aromatic nitrogens is 2. The standard InChI is InChI=1S/C23H26N4OS/c1-5-26-15(2)14-17(16(26)3)22-21(18-10-8-9-13-24-18)25-23(29)27(22)19-11-6-7-12-20(19)28-4/h6-14,21-22H,5H2,1-4H3,(H,25,29)/t21-,22+/m1/s1. The van der Waals surface area contributed by atoms with Crippen molar-refractivity contribution < 1.29 is 4.74 Å². The van der Waals surface area contributed by atoms with Gasteiger partial charge in [-0.05, 0) is 68.9 Å². The molecule has 0 saturated carbocycles. The lowest BCUT2D eigenvalue weighted by Gasteiger charge is -2.29. The lowest BCUT2D eigenvalue weighted by atomic mass is 9.96. The Morgan fingerprint density at radius 2 is 1.90 bits per heavy atom. The van der Waals surface area contributed by atoms with E-state index in [9.17, 15) is 0 Å². The average Bonchev–Trinajstić information content (AvgIpc) is 3.23. The Labute approximate surface area is 177 Å². The highest BCUT2D eigenvalue weighted by Crippen LogP contribution is 2.45. The van der Waals surface area contributed by atoms with Crippen LogP contribution in [0.5, 0.6) is 5.75 Å². The molecule has 0 bridgehead atoms. The zero-order valence-corrected chi connectivity index (χ0v) is 18.0. The van der Waals surface area contributed by atoms with Crippen LogP contribution in [0.15, 0.2) is 54.7 Å². The molecular weight excluding hydrogens is 380 g/mol. The van der Waals surface area contributed by atoms with E-state index in [1.54, 1.807) is 7.11 Å². The summed E-state index contributed by atoms with van der Waals surface area (Å²) in [7, 11) is 1.69. The maximum atomic E-state index is 5.82. The van der Waals surface area contributed by atoms with E-state index in [0.717, 1.165) is 23.7 Å². The van der Waals surface area contributed by atoms with Gasteiger partial charge in [0.15, 0.2) is 5.11 Å². The molecule has 0 aliphatic carbocycles. The third-order valence-electron chi connectivity index (χ3n) is 5.69. The summed E-state index contributed by atoms with van der Waals surface area (Å²) in [5.74, 6) is 0.799. The first-order valence-corrected chi connectivity index (χ1v) is 10.3. The molecule has 1 fully saturated rings. The molecule has 1 saturated heterocycles. The van der Waals surface area contributed by atoms with Crippen LogP contribution in [0, 0.1) is 13.8 Å². The van der Waals surface area contributed by atoms with Crippen LogP contribution in [0.3, 0.4) is 0 Å². The number of benzene rings is 1. The van der Waals surface area contributed by atoms with Gasteiger partial charge in [-0.3, -0.25) is 4.98 Å². The number of nitrogens with one attached hydrogen (secondary N) is 1. The number of hydrogen-bond acceptors (Lipinski definition) is 3. The summed E-state index contributed by atoms with van der Waals surface area (Å²) < 4.78 is 8.00. The molecule has 4 rings (SSSR count). The van der Waals surface area contributed by atoms with Crippen LogP contribution in [0.1, 0.15) is 41.7 Å². The number of nitrogens with zero attached hydrogens (tertiary/aromatic N) is 3. The first-order chi connectivity index (χ1) is 14.1. The van der Waals surface area contributed by atoms with Crippen molar-refractivity contribution in [1.29, 1.82) is 0 Å². The Morgan fingerprint density at radius 1 is 1.14 bits per heavy atom. The predicted octanol–water partition coefficient (Wildman–Crippen LogP) is 4.71.